The molecular formula is C26H26N4O4S2. The molecule has 186 valence electrons. The fourth-order valence-electron chi connectivity index (χ4n) is 4.95. The van der Waals surface area contributed by atoms with E-state index in [1.165, 1.54) is 22.7 Å². The average Bonchev–Trinajstić information content (AvgIpc) is 3.41. The molecule has 2 aromatic heterocycles. The number of hydrogen-bond acceptors (Lipinski definition) is 6. The molecule has 0 bridgehead atoms. The molecule has 0 spiro atoms. The van der Waals surface area contributed by atoms with Crippen molar-refractivity contribution in [3.63, 3.8) is 0 Å². The van der Waals surface area contributed by atoms with Crippen LogP contribution in [0.5, 0.6) is 0 Å². The van der Waals surface area contributed by atoms with E-state index < -0.39 is 11.8 Å². The molecule has 0 fully saturated rings. The number of anilines is 2. The SMILES string of the molecule is NC(=O)c1c(NC(=O)c2ccc(C(=O)Nc3sc4c(c3C(N)=O)CCCC4)cc2)sc2c1CCCC2. The van der Waals surface area contributed by atoms with Crippen molar-refractivity contribution < 1.29 is 19.2 Å². The monoisotopic (exact) mass is 522 g/mol. The van der Waals surface area contributed by atoms with E-state index in [0.29, 0.717) is 32.3 Å². The van der Waals surface area contributed by atoms with Crippen LogP contribution >= 0.6 is 22.7 Å². The first-order valence-electron chi connectivity index (χ1n) is 11.9. The van der Waals surface area contributed by atoms with Crippen molar-refractivity contribution in [2.24, 2.45) is 11.5 Å². The number of aryl methyl sites for hydroxylation is 2. The van der Waals surface area contributed by atoms with Gasteiger partial charge in [-0.25, -0.2) is 0 Å². The van der Waals surface area contributed by atoms with Crippen LogP contribution in [0.2, 0.25) is 0 Å². The molecule has 0 aliphatic heterocycles. The Hall–Kier alpha value is -3.50. The van der Waals surface area contributed by atoms with Gasteiger partial charge in [0.25, 0.3) is 23.6 Å². The third kappa shape index (κ3) is 4.54. The summed E-state index contributed by atoms with van der Waals surface area (Å²) in [5.41, 5.74) is 14.6. The maximum absolute atomic E-state index is 12.9. The molecule has 3 aromatic rings. The molecule has 0 radical (unpaired) electrons. The normalized spacial score (nSPS) is 14.4. The lowest BCUT2D eigenvalue weighted by Crippen LogP contribution is -2.19. The molecule has 36 heavy (non-hydrogen) atoms. The third-order valence-corrected chi connectivity index (χ3v) is 9.11. The van der Waals surface area contributed by atoms with E-state index in [9.17, 15) is 19.2 Å². The Bertz CT molecular complexity index is 1280. The molecular weight excluding hydrogens is 496 g/mol. The minimum atomic E-state index is -0.540. The van der Waals surface area contributed by atoms with E-state index in [0.717, 1.165) is 72.2 Å². The molecule has 8 nitrogen and oxygen atoms in total. The average molecular weight is 523 g/mol. The van der Waals surface area contributed by atoms with Crippen LogP contribution in [-0.2, 0) is 25.7 Å². The summed E-state index contributed by atoms with van der Waals surface area (Å²) in [4.78, 5) is 52.2. The number of rotatable bonds is 6. The van der Waals surface area contributed by atoms with Crippen molar-refractivity contribution in [1.82, 2.24) is 0 Å². The van der Waals surface area contributed by atoms with Crippen LogP contribution in [0.15, 0.2) is 24.3 Å². The number of amides is 4. The van der Waals surface area contributed by atoms with Crippen molar-refractivity contribution in [2.75, 3.05) is 10.6 Å². The van der Waals surface area contributed by atoms with E-state index >= 15 is 0 Å². The first-order chi connectivity index (χ1) is 17.3. The third-order valence-electron chi connectivity index (χ3n) is 6.70. The van der Waals surface area contributed by atoms with Gasteiger partial charge in [0, 0.05) is 20.9 Å². The van der Waals surface area contributed by atoms with Gasteiger partial charge in [-0.15, -0.1) is 22.7 Å². The predicted octanol–water partition coefficient (Wildman–Crippen LogP) is 4.27. The van der Waals surface area contributed by atoms with E-state index in [2.05, 4.69) is 10.6 Å². The molecule has 0 unspecified atom stereocenters. The molecule has 0 saturated heterocycles. The van der Waals surface area contributed by atoms with Crippen LogP contribution in [-0.4, -0.2) is 23.6 Å². The molecule has 0 atom stereocenters. The minimum Gasteiger partial charge on any atom is -0.365 e. The standard InChI is InChI=1S/C26H26N4O4S2/c27-21(31)19-15-5-1-3-7-17(15)35-25(19)29-23(33)13-9-11-14(12-10-13)24(34)30-26-20(22(28)32)16-6-2-4-8-18(16)36-26/h9-12H,1-8H2,(H2,27,31)(H2,28,32)(H,29,33)(H,30,34). The zero-order valence-corrected chi connectivity index (χ0v) is 21.2. The van der Waals surface area contributed by atoms with E-state index in [1.807, 2.05) is 0 Å². The Morgan fingerprint density at radius 1 is 0.611 bits per heavy atom. The molecule has 0 saturated carbocycles. The van der Waals surface area contributed by atoms with Gasteiger partial charge in [-0.3, -0.25) is 19.2 Å². The Morgan fingerprint density at radius 3 is 1.33 bits per heavy atom. The highest BCUT2D eigenvalue weighted by molar-refractivity contribution is 7.17. The molecule has 5 rings (SSSR count). The lowest BCUT2D eigenvalue weighted by molar-refractivity contribution is 0.0989. The molecule has 10 heteroatoms. The molecule has 2 aliphatic carbocycles. The highest BCUT2D eigenvalue weighted by Crippen LogP contribution is 2.39. The van der Waals surface area contributed by atoms with Gasteiger partial charge in [-0.05, 0) is 86.8 Å². The van der Waals surface area contributed by atoms with Crippen molar-refractivity contribution in [3.05, 3.63) is 67.4 Å². The second kappa shape index (κ2) is 9.87. The van der Waals surface area contributed by atoms with Crippen LogP contribution in [0.4, 0.5) is 10.0 Å². The smallest absolute Gasteiger partial charge is 0.256 e. The highest BCUT2D eigenvalue weighted by Gasteiger charge is 2.26. The quantitative estimate of drug-likeness (QED) is 0.383. The van der Waals surface area contributed by atoms with Gasteiger partial charge in [-0.2, -0.15) is 0 Å². The molecule has 6 N–H and O–H groups in total. The summed E-state index contributed by atoms with van der Waals surface area (Å²) in [6, 6.07) is 6.21. The number of carbonyl (C=O) groups is 4. The van der Waals surface area contributed by atoms with Crippen molar-refractivity contribution in [2.45, 2.75) is 51.4 Å². The summed E-state index contributed by atoms with van der Waals surface area (Å²) in [6.07, 6.45) is 7.43. The number of primary amides is 2. The minimum absolute atomic E-state index is 0.345. The maximum Gasteiger partial charge on any atom is 0.256 e. The summed E-state index contributed by atoms with van der Waals surface area (Å²) in [5.74, 6) is -1.85. The molecule has 2 aliphatic rings. The number of nitrogens with two attached hydrogens (primary N) is 2. The van der Waals surface area contributed by atoms with E-state index in [4.69, 9.17) is 11.5 Å². The van der Waals surface area contributed by atoms with Gasteiger partial charge in [0.05, 0.1) is 11.1 Å². The maximum atomic E-state index is 12.9. The first kappa shape index (κ1) is 24.2. The Labute approximate surface area is 216 Å². The number of hydrogen-bond donors (Lipinski definition) is 4. The van der Waals surface area contributed by atoms with Crippen LogP contribution in [0.25, 0.3) is 0 Å². The van der Waals surface area contributed by atoms with E-state index in [1.54, 1.807) is 24.3 Å². The zero-order valence-electron chi connectivity index (χ0n) is 19.6. The predicted molar refractivity (Wildman–Crippen MR) is 141 cm³/mol. The number of nitrogens with one attached hydrogen (secondary N) is 2. The van der Waals surface area contributed by atoms with Gasteiger partial charge in [0.2, 0.25) is 0 Å². The summed E-state index contributed by atoms with van der Waals surface area (Å²) in [7, 11) is 0. The lowest BCUT2D eigenvalue weighted by Gasteiger charge is -2.11. The number of benzene rings is 1. The second-order valence-electron chi connectivity index (χ2n) is 9.04. The fourth-order valence-corrected chi connectivity index (χ4v) is 7.53. The van der Waals surface area contributed by atoms with Crippen LogP contribution < -0.4 is 22.1 Å². The van der Waals surface area contributed by atoms with Gasteiger partial charge in [0.1, 0.15) is 10.0 Å². The van der Waals surface area contributed by atoms with Gasteiger partial charge in [0.15, 0.2) is 0 Å². The Kier molecular flexibility index (Phi) is 6.63. The van der Waals surface area contributed by atoms with Gasteiger partial charge < -0.3 is 22.1 Å². The van der Waals surface area contributed by atoms with E-state index in [-0.39, 0.29) is 11.8 Å². The van der Waals surface area contributed by atoms with Crippen molar-refractivity contribution in [3.8, 4) is 0 Å². The zero-order chi connectivity index (χ0) is 25.4. The Morgan fingerprint density at radius 2 is 0.972 bits per heavy atom. The molecule has 2 heterocycles. The summed E-state index contributed by atoms with van der Waals surface area (Å²) >= 11 is 2.81. The number of thiophene rings is 2. The molecule has 1 aromatic carbocycles. The second-order valence-corrected chi connectivity index (χ2v) is 11.3. The number of carbonyl (C=O) groups excluding carboxylic acids is 4. The summed E-state index contributed by atoms with van der Waals surface area (Å²) in [5, 5.41) is 6.61. The van der Waals surface area contributed by atoms with Crippen molar-refractivity contribution in [1.29, 1.82) is 0 Å². The van der Waals surface area contributed by atoms with Crippen LogP contribution in [0, 0.1) is 0 Å². The van der Waals surface area contributed by atoms with Gasteiger partial charge in [-0.1, -0.05) is 0 Å². The van der Waals surface area contributed by atoms with Crippen LogP contribution in [0.3, 0.4) is 0 Å². The van der Waals surface area contributed by atoms with Crippen LogP contribution in [0.1, 0.15) is 88.0 Å². The fraction of sp³-hybridized carbons (Fsp3) is 0.308. The lowest BCUT2D eigenvalue weighted by atomic mass is 9.95. The largest absolute Gasteiger partial charge is 0.365 e. The highest BCUT2D eigenvalue weighted by atomic mass is 32.1. The summed E-state index contributed by atoms with van der Waals surface area (Å²) in [6.45, 7) is 0. The van der Waals surface area contributed by atoms with Crippen molar-refractivity contribution >= 4 is 56.3 Å². The number of fused-ring (bicyclic) bond motifs is 2. The summed E-state index contributed by atoms with van der Waals surface area (Å²) < 4.78 is 0. The van der Waals surface area contributed by atoms with Gasteiger partial charge >= 0.3 is 0 Å². The Balaban J connectivity index is 1.32. The first-order valence-corrected chi connectivity index (χ1v) is 13.6. The molecule has 4 amide bonds. The topological polar surface area (TPSA) is 144 Å².